The van der Waals surface area contributed by atoms with E-state index < -0.39 is 34.0 Å². The molecule has 0 unspecified atom stereocenters. The Morgan fingerprint density at radius 2 is 1.48 bits per heavy atom. The zero-order valence-electron chi connectivity index (χ0n) is 22.2. The van der Waals surface area contributed by atoms with E-state index in [1.807, 2.05) is 0 Å². The molecular weight excluding hydrogens is 572 g/mol. The molecule has 2 amide bonds. The lowest BCUT2D eigenvalue weighted by molar-refractivity contribution is -0.385. The van der Waals surface area contributed by atoms with Crippen LogP contribution in [0.25, 0.3) is 0 Å². The standard InChI is InChI=1S/C26H28N6O9S/c27-23(25(34)40-14-16-1-5-19(6-2-16)31(36)37)28-18-9-10-29(12-18)24(33)22-11-21(42)13-30(22)26(35)41-15-17-3-7-20(8-4-17)32(38)39/h1-8,18,21-22,42H,9-15H2,(H2,27,28)/t18-,21+,22+/m1/s1. The number of nitrogens with two attached hydrogens (primary N) is 1. The van der Waals surface area contributed by atoms with Crippen molar-refractivity contribution in [2.75, 3.05) is 19.6 Å². The highest BCUT2D eigenvalue weighted by Crippen LogP contribution is 2.27. The average Bonchev–Trinajstić information content (AvgIpc) is 3.61. The lowest BCUT2D eigenvalue weighted by Gasteiger charge is -2.27. The van der Waals surface area contributed by atoms with Gasteiger partial charge >= 0.3 is 12.1 Å². The maximum atomic E-state index is 13.3. The van der Waals surface area contributed by atoms with E-state index in [9.17, 15) is 34.6 Å². The second kappa shape index (κ2) is 13.3. The Balaban J connectivity index is 1.28. The molecule has 2 saturated heterocycles. The molecule has 0 aromatic heterocycles. The first-order valence-electron chi connectivity index (χ1n) is 12.9. The molecule has 0 saturated carbocycles. The lowest BCUT2D eigenvalue weighted by Crippen LogP contribution is -2.47. The predicted molar refractivity (Wildman–Crippen MR) is 151 cm³/mol. The summed E-state index contributed by atoms with van der Waals surface area (Å²) in [5, 5.41) is 21.3. The molecule has 2 heterocycles. The van der Waals surface area contributed by atoms with Crippen LogP contribution in [0.2, 0.25) is 0 Å². The zero-order valence-corrected chi connectivity index (χ0v) is 23.1. The Morgan fingerprint density at radius 3 is 2.02 bits per heavy atom. The number of hydrogen-bond donors (Lipinski definition) is 2. The van der Waals surface area contributed by atoms with Crippen molar-refractivity contribution in [2.45, 2.75) is 43.4 Å². The van der Waals surface area contributed by atoms with Gasteiger partial charge in [0.2, 0.25) is 11.7 Å². The van der Waals surface area contributed by atoms with Crippen LogP contribution in [0.4, 0.5) is 16.2 Å². The number of esters is 1. The summed E-state index contributed by atoms with van der Waals surface area (Å²) in [7, 11) is 0. The molecule has 2 aromatic carbocycles. The largest absolute Gasteiger partial charge is 0.455 e. The van der Waals surface area contributed by atoms with E-state index in [0.29, 0.717) is 30.5 Å². The molecule has 0 aliphatic carbocycles. The number of carbonyl (C=O) groups excluding carboxylic acids is 3. The Kier molecular flexibility index (Phi) is 9.57. The molecule has 4 rings (SSSR count). The maximum Gasteiger partial charge on any atom is 0.410 e. The van der Waals surface area contributed by atoms with Gasteiger partial charge in [0.1, 0.15) is 19.3 Å². The molecular formula is C26H28N6O9S. The van der Waals surface area contributed by atoms with E-state index in [0.717, 1.165) is 0 Å². The number of rotatable bonds is 8. The number of non-ortho nitro benzene ring substituents is 2. The van der Waals surface area contributed by atoms with Gasteiger partial charge in [0, 0.05) is 49.1 Å². The molecule has 0 spiro atoms. The number of amidine groups is 1. The van der Waals surface area contributed by atoms with Gasteiger partial charge in [-0.05, 0) is 48.2 Å². The summed E-state index contributed by atoms with van der Waals surface area (Å²) in [6, 6.07) is 9.89. The Morgan fingerprint density at radius 1 is 0.929 bits per heavy atom. The van der Waals surface area contributed by atoms with E-state index in [2.05, 4.69) is 17.6 Å². The van der Waals surface area contributed by atoms with E-state index in [1.165, 1.54) is 53.4 Å². The number of hydrogen-bond acceptors (Lipinski definition) is 11. The van der Waals surface area contributed by atoms with Crippen LogP contribution in [0.1, 0.15) is 24.0 Å². The van der Waals surface area contributed by atoms with Crippen LogP contribution in [0.5, 0.6) is 0 Å². The Labute approximate surface area is 245 Å². The molecule has 2 fully saturated rings. The summed E-state index contributed by atoms with van der Waals surface area (Å²) in [4.78, 5) is 66.1. The van der Waals surface area contributed by atoms with Crippen LogP contribution in [-0.2, 0) is 32.3 Å². The molecule has 0 bridgehead atoms. The third-order valence-corrected chi connectivity index (χ3v) is 7.21. The van der Waals surface area contributed by atoms with Gasteiger partial charge in [-0.15, -0.1) is 0 Å². The Bertz CT molecular complexity index is 1390. The van der Waals surface area contributed by atoms with Crippen molar-refractivity contribution in [1.29, 1.82) is 0 Å². The second-order valence-electron chi connectivity index (χ2n) is 9.78. The van der Waals surface area contributed by atoms with Crippen LogP contribution < -0.4 is 5.73 Å². The monoisotopic (exact) mass is 600 g/mol. The minimum Gasteiger partial charge on any atom is -0.455 e. The highest BCUT2D eigenvalue weighted by molar-refractivity contribution is 7.81. The van der Waals surface area contributed by atoms with Crippen molar-refractivity contribution in [1.82, 2.24) is 9.80 Å². The number of nitro benzene ring substituents is 2. The van der Waals surface area contributed by atoms with Crippen LogP contribution >= 0.6 is 12.6 Å². The van der Waals surface area contributed by atoms with Gasteiger partial charge in [0.25, 0.3) is 11.4 Å². The van der Waals surface area contributed by atoms with Crippen molar-refractivity contribution in [2.24, 2.45) is 10.7 Å². The van der Waals surface area contributed by atoms with Crippen molar-refractivity contribution in [3.8, 4) is 0 Å². The number of thiol groups is 1. The van der Waals surface area contributed by atoms with Crippen molar-refractivity contribution in [3.63, 3.8) is 0 Å². The van der Waals surface area contributed by atoms with Gasteiger partial charge in [-0.3, -0.25) is 34.9 Å². The molecule has 42 heavy (non-hydrogen) atoms. The smallest absolute Gasteiger partial charge is 0.410 e. The van der Waals surface area contributed by atoms with Crippen LogP contribution in [-0.4, -0.2) is 80.4 Å². The molecule has 3 atom stereocenters. The van der Waals surface area contributed by atoms with Gasteiger partial charge < -0.3 is 20.1 Å². The van der Waals surface area contributed by atoms with Crippen LogP contribution in [0.3, 0.4) is 0 Å². The highest BCUT2D eigenvalue weighted by Gasteiger charge is 2.42. The number of nitro groups is 2. The van der Waals surface area contributed by atoms with Gasteiger partial charge in [0.15, 0.2) is 0 Å². The quantitative estimate of drug-likeness (QED) is 0.113. The fraction of sp³-hybridized carbons (Fsp3) is 0.385. The van der Waals surface area contributed by atoms with Crippen molar-refractivity contribution >= 4 is 47.8 Å². The van der Waals surface area contributed by atoms with Gasteiger partial charge in [-0.1, -0.05) is 0 Å². The van der Waals surface area contributed by atoms with Gasteiger partial charge in [-0.2, -0.15) is 12.6 Å². The highest BCUT2D eigenvalue weighted by atomic mass is 32.1. The van der Waals surface area contributed by atoms with Crippen molar-refractivity contribution < 1.29 is 33.7 Å². The number of likely N-dealkylation sites (tertiary alicyclic amines) is 2. The molecule has 222 valence electrons. The SMILES string of the molecule is NC(=N[C@@H]1CCN(C(=O)[C@@H]2C[C@H](S)CN2C(=O)OCc2ccc([N+](=O)[O-])cc2)C1)C(=O)OCc1ccc([N+](=O)[O-])cc1. The van der Waals surface area contributed by atoms with Crippen molar-refractivity contribution in [3.05, 3.63) is 79.9 Å². The summed E-state index contributed by atoms with van der Waals surface area (Å²) in [5.41, 5.74) is 6.75. The third kappa shape index (κ3) is 7.51. The van der Waals surface area contributed by atoms with Gasteiger partial charge in [0.05, 0.1) is 15.9 Å². The number of benzene rings is 2. The third-order valence-electron chi connectivity index (χ3n) is 6.83. The molecule has 2 N–H and O–H groups in total. The molecule has 2 aromatic rings. The van der Waals surface area contributed by atoms with Crippen LogP contribution in [0.15, 0.2) is 53.5 Å². The molecule has 2 aliphatic heterocycles. The Hall–Kier alpha value is -4.73. The maximum absolute atomic E-state index is 13.3. The minimum atomic E-state index is -0.853. The van der Waals surface area contributed by atoms with Gasteiger partial charge in [-0.25, -0.2) is 9.59 Å². The number of ether oxygens (including phenoxy) is 2. The average molecular weight is 601 g/mol. The second-order valence-corrected chi connectivity index (χ2v) is 10.5. The summed E-state index contributed by atoms with van der Waals surface area (Å²) < 4.78 is 10.5. The number of carbonyl (C=O) groups is 3. The molecule has 16 heteroatoms. The first-order valence-corrected chi connectivity index (χ1v) is 13.4. The van der Waals surface area contributed by atoms with E-state index >= 15 is 0 Å². The van der Waals surface area contributed by atoms with E-state index in [-0.39, 0.29) is 54.7 Å². The number of nitrogens with zero attached hydrogens (tertiary/aromatic N) is 5. The normalized spacial score (nSPS) is 20.3. The van der Waals surface area contributed by atoms with E-state index in [4.69, 9.17) is 15.2 Å². The van der Waals surface area contributed by atoms with E-state index in [1.54, 1.807) is 4.90 Å². The molecule has 15 nitrogen and oxygen atoms in total. The molecule has 0 radical (unpaired) electrons. The number of aliphatic imine (C=N–C) groups is 1. The molecule has 2 aliphatic rings. The minimum absolute atomic E-state index is 0.0812. The summed E-state index contributed by atoms with van der Waals surface area (Å²) >= 11 is 4.45. The van der Waals surface area contributed by atoms with Crippen LogP contribution in [0, 0.1) is 20.2 Å². The fourth-order valence-electron chi connectivity index (χ4n) is 4.64. The summed E-state index contributed by atoms with van der Waals surface area (Å²) in [6.45, 7) is 0.476. The lowest BCUT2D eigenvalue weighted by atomic mass is 10.2. The number of amides is 2. The fourth-order valence-corrected chi connectivity index (χ4v) is 5.01. The summed E-state index contributed by atoms with van der Waals surface area (Å²) in [5.74, 6) is -1.51. The topological polar surface area (TPSA) is 201 Å². The zero-order chi connectivity index (χ0) is 30.4. The predicted octanol–water partition coefficient (Wildman–Crippen LogP) is 2.21. The first kappa shape index (κ1) is 30.2. The summed E-state index contributed by atoms with van der Waals surface area (Å²) in [6.07, 6.45) is 0.0804. The first-order chi connectivity index (χ1) is 20.0.